The molecule has 0 saturated carbocycles. The third kappa shape index (κ3) is 1.18. The van der Waals surface area contributed by atoms with E-state index in [0.29, 0.717) is 0 Å². The lowest BCUT2D eigenvalue weighted by molar-refractivity contribution is 1.35. The molecule has 0 aliphatic rings. The van der Waals surface area contributed by atoms with Crippen molar-refractivity contribution in [2.24, 2.45) is 0 Å². The van der Waals surface area contributed by atoms with Crippen LogP contribution in [0.2, 0.25) is 0 Å². The molecule has 2 aromatic heterocycles. The summed E-state index contributed by atoms with van der Waals surface area (Å²) in [5, 5.41) is 5.04. The van der Waals surface area contributed by atoms with Crippen molar-refractivity contribution in [3.63, 3.8) is 0 Å². The Balaban J connectivity index is 2.28. The molecule has 0 aliphatic heterocycles. The van der Waals surface area contributed by atoms with Crippen molar-refractivity contribution in [2.75, 3.05) is 0 Å². The zero-order valence-electron chi connectivity index (χ0n) is 9.14. The van der Waals surface area contributed by atoms with Crippen LogP contribution in [0.25, 0.3) is 32.6 Å². The molecule has 0 saturated heterocycles. The Kier molecular flexibility index (Phi) is 1.59. The standard InChI is InChI=1S/C15H10N2/c1-2-4-11-8-14-13(7-10(11)3-1)12-5-6-16-9-15(12)17-14/h1-9,17H. The first-order chi connectivity index (χ1) is 8.42. The molecule has 17 heavy (non-hydrogen) atoms. The predicted octanol–water partition coefficient (Wildman–Crippen LogP) is 3.87. The van der Waals surface area contributed by atoms with Crippen molar-refractivity contribution in [1.82, 2.24) is 9.97 Å². The smallest absolute Gasteiger partial charge is 0.0651 e. The Morgan fingerprint density at radius 3 is 2.53 bits per heavy atom. The number of hydrogen-bond acceptors (Lipinski definition) is 1. The third-order valence-electron chi connectivity index (χ3n) is 3.27. The quantitative estimate of drug-likeness (QED) is 0.477. The van der Waals surface area contributed by atoms with Gasteiger partial charge in [-0.3, -0.25) is 4.98 Å². The molecule has 2 heteroatoms. The Hall–Kier alpha value is -2.35. The van der Waals surface area contributed by atoms with Crippen LogP contribution < -0.4 is 0 Å². The van der Waals surface area contributed by atoms with Gasteiger partial charge in [0.15, 0.2) is 0 Å². The molecule has 0 amide bonds. The molecule has 2 nitrogen and oxygen atoms in total. The van der Waals surface area contributed by atoms with Crippen LogP contribution in [-0.4, -0.2) is 9.97 Å². The number of aromatic amines is 1. The summed E-state index contributed by atoms with van der Waals surface area (Å²) in [6, 6.07) is 14.9. The summed E-state index contributed by atoms with van der Waals surface area (Å²) < 4.78 is 0. The number of benzene rings is 2. The molecule has 0 radical (unpaired) electrons. The normalized spacial score (nSPS) is 11.5. The summed E-state index contributed by atoms with van der Waals surface area (Å²) >= 11 is 0. The SMILES string of the molecule is c1ccc2cc3c(cc2c1)[nH]c1cnccc13. The maximum atomic E-state index is 4.15. The number of hydrogen-bond donors (Lipinski definition) is 1. The summed E-state index contributed by atoms with van der Waals surface area (Å²) in [5.41, 5.74) is 2.27. The molecule has 0 aliphatic carbocycles. The van der Waals surface area contributed by atoms with E-state index in [4.69, 9.17) is 0 Å². The number of rotatable bonds is 0. The van der Waals surface area contributed by atoms with Gasteiger partial charge in [-0.15, -0.1) is 0 Å². The van der Waals surface area contributed by atoms with Crippen molar-refractivity contribution in [2.45, 2.75) is 0 Å². The van der Waals surface area contributed by atoms with Gasteiger partial charge in [0.05, 0.1) is 11.7 Å². The molecule has 0 fully saturated rings. The van der Waals surface area contributed by atoms with E-state index < -0.39 is 0 Å². The summed E-state index contributed by atoms with van der Waals surface area (Å²) in [7, 11) is 0. The number of pyridine rings is 1. The van der Waals surface area contributed by atoms with E-state index in [1.165, 1.54) is 27.1 Å². The first-order valence-corrected chi connectivity index (χ1v) is 5.66. The van der Waals surface area contributed by atoms with E-state index in [2.05, 4.69) is 52.4 Å². The van der Waals surface area contributed by atoms with Gasteiger partial charge in [-0.1, -0.05) is 24.3 Å². The molecule has 0 bridgehead atoms. The molecular formula is C15H10N2. The number of nitrogens with zero attached hydrogens (tertiary/aromatic N) is 1. The average molecular weight is 218 g/mol. The van der Waals surface area contributed by atoms with Gasteiger partial charge in [-0.2, -0.15) is 0 Å². The fourth-order valence-corrected chi connectivity index (χ4v) is 2.44. The molecule has 0 atom stereocenters. The molecule has 4 aromatic rings. The molecule has 2 heterocycles. The van der Waals surface area contributed by atoms with Crippen molar-refractivity contribution in [1.29, 1.82) is 0 Å². The molecule has 0 unspecified atom stereocenters. The first kappa shape index (κ1) is 8.76. The van der Waals surface area contributed by atoms with Gasteiger partial charge >= 0.3 is 0 Å². The van der Waals surface area contributed by atoms with Crippen molar-refractivity contribution >= 4 is 32.6 Å². The molecule has 4 rings (SSSR count). The van der Waals surface area contributed by atoms with Gasteiger partial charge in [0.1, 0.15) is 0 Å². The Labute approximate surface area is 97.9 Å². The topological polar surface area (TPSA) is 28.7 Å². The number of aromatic nitrogens is 2. The van der Waals surface area contributed by atoms with Crippen LogP contribution in [0.15, 0.2) is 54.9 Å². The lowest BCUT2D eigenvalue weighted by Gasteiger charge is -1.97. The van der Waals surface area contributed by atoms with Gasteiger partial charge in [0, 0.05) is 22.5 Å². The predicted molar refractivity (Wildman–Crippen MR) is 71.1 cm³/mol. The van der Waals surface area contributed by atoms with E-state index in [0.717, 1.165) is 5.52 Å². The fourth-order valence-electron chi connectivity index (χ4n) is 2.44. The number of fused-ring (bicyclic) bond motifs is 4. The van der Waals surface area contributed by atoms with Gasteiger partial charge < -0.3 is 4.98 Å². The van der Waals surface area contributed by atoms with E-state index in [1.54, 1.807) is 0 Å². The van der Waals surface area contributed by atoms with Crippen LogP contribution >= 0.6 is 0 Å². The van der Waals surface area contributed by atoms with Crippen LogP contribution in [0.1, 0.15) is 0 Å². The molecule has 1 N–H and O–H groups in total. The minimum absolute atomic E-state index is 1.10. The highest BCUT2D eigenvalue weighted by molar-refractivity contribution is 6.11. The maximum absolute atomic E-state index is 4.15. The summed E-state index contributed by atoms with van der Waals surface area (Å²) in [6.07, 6.45) is 3.71. The lowest BCUT2D eigenvalue weighted by atomic mass is 10.1. The van der Waals surface area contributed by atoms with Gasteiger partial charge in [-0.05, 0) is 29.0 Å². The number of H-pyrrole nitrogens is 1. The van der Waals surface area contributed by atoms with Crippen LogP contribution in [0, 0.1) is 0 Å². The van der Waals surface area contributed by atoms with Crippen molar-refractivity contribution in [3.05, 3.63) is 54.9 Å². The highest BCUT2D eigenvalue weighted by atomic mass is 14.7. The summed E-state index contributed by atoms with van der Waals surface area (Å²) in [5.74, 6) is 0. The molecule has 2 aromatic carbocycles. The summed E-state index contributed by atoms with van der Waals surface area (Å²) in [6.45, 7) is 0. The fraction of sp³-hybridized carbons (Fsp3) is 0. The minimum Gasteiger partial charge on any atom is -0.353 e. The third-order valence-corrected chi connectivity index (χ3v) is 3.27. The second-order valence-corrected chi connectivity index (χ2v) is 4.29. The van der Waals surface area contributed by atoms with Crippen molar-refractivity contribution in [3.8, 4) is 0 Å². The zero-order chi connectivity index (χ0) is 11.2. The van der Waals surface area contributed by atoms with Crippen LogP contribution in [0.3, 0.4) is 0 Å². The maximum Gasteiger partial charge on any atom is 0.0651 e. The van der Waals surface area contributed by atoms with Crippen LogP contribution in [0.5, 0.6) is 0 Å². The molecule has 80 valence electrons. The Bertz CT molecular complexity index is 837. The monoisotopic (exact) mass is 218 g/mol. The summed E-state index contributed by atoms with van der Waals surface area (Å²) in [4.78, 5) is 7.55. The van der Waals surface area contributed by atoms with E-state index in [1.807, 2.05) is 12.4 Å². The second kappa shape index (κ2) is 3.08. The van der Waals surface area contributed by atoms with Gasteiger partial charge in [-0.25, -0.2) is 0 Å². The van der Waals surface area contributed by atoms with Crippen LogP contribution in [-0.2, 0) is 0 Å². The zero-order valence-corrected chi connectivity index (χ0v) is 9.14. The Morgan fingerprint density at radius 2 is 1.65 bits per heavy atom. The minimum atomic E-state index is 1.10. The Morgan fingerprint density at radius 1 is 0.824 bits per heavy atom. The van der Waals surface area contributed by atoms with E-state index >= 15 is 0 Å². The van der Waals surface area contributed by atoms with E-state index in [-0.39, 0.29) is 0 Å². The largest absolute Gasteiger partial charge is 0.353 e. The number of nitrogens with one attached hydrogen (secondary N) is 1. The van der Waals surface area contributed by atoms with Gasteiger partial charge in [0.25, 0.3) is 0 Å². The molecular weight excluding hydrogens is 208 g/mol. The first-order valence-electron chi connectivity index (χ1n) is 5.66. The van der Waals surface area contributed by atoms with Crippen molar-refractivity contribution < 1.29 is 0 Å². The highest BCUT2D eigenvalue weighted by Crippen LogP contribution is 2.28. The second-order valence-electron chi connectivity index (χ2n) is 4.29. The lowest BCUT2D eigenvalue weighted by Crippen LogP contribution is -1.72. The van der Waals surface area contributed by atoms with Gasteiger partial charge in [0.2, 0.25) is 0 Å². The van der Waals surface area contributed by atoms with Crippen LogP contribution in [0.4, 0.5) is 0 Å². The highest BCUT2D eigenvalue weighted by Gasteiger charge is 2.04. The molecule has 0 spiro atoms. The average Bonchev–Trinajstić information content (AvgIpc) is 2.73. The van der Waals surface area contributed by atoms with E-state index in [9.17, 15) is 0 Å².